The summed E-state index contributed by atoms with van der Waals surface area (Å²) in [5, 5.41) is 10.6. The van der Waals surface area contributed by atoms with Gasteiger partial charge >= 0.3 is 0 Å². The second-order valence-electron chi connectivity index (χ2n) is 11.3. The first-order chi connectivity index (χ1) is 18.3. The van der Waals surface area contributed by atoms with Crippen molar-refractivity contribution < 1.29 is 32.8 Å². The molecule has 11 heteroatoms. The molecule has 1 aliphatic carbocycles. The van der Waals surface area contributed by atoms with Crippen LogP contribution in [0.25, 0.3) is 6.08 Å². The molecular weight excluding hydrogens is 510 g/mol. The van der Waals surface area contributed by atoms with Gasteiger partial charge in [0.2, 0.25) is 23.5 Å². The van der Waals surface area contributed by atoms with E-state index in [4.69, 9.17) is 0 Å². The lowest BCUT2D eigenvalue weighted by Gasteiger charge is -2.28. The largest absolute Gasteiger partial charge is 0.356 e. The van der Waals surface area contributed by atoms with E-state index in [2.05, 4.69) is 21.3 Å². The van der Waals surface area contributed by atoms with Gasteiger partial charge in [-0.2, -0.15) is 0 Å². The van der Waals surface area contributed by atoms with Crippen LogP contribution in [0.3, 0.4) is 0 Å². The molecule has 9 nitrogen and oxygen atoms in total. The predicted molar refractivity (Wildman–Crippen MR) is 140 cm³/mol. The molecule has 2 unspecified atom stereocenters. The number of halogens is 2. The van der Waals surface area contributed by atoms with Crippen molar-refractivity contribution in [3.05, 3.63) is 41.5 Å². The van der Waals surface area contributed by atoms with Crippen LogP contribution < -0.4 is 21.3 Å². The minimum atomic E-state index is -2.60. The molecule has 1 aromatic rings. The van der Waals surface area contributed by atoms with E-state index in [1.165, 1.54) is 36.4 Å². The molecule has 2 fully saturated rings. The first-order valence-corrected chi connectivity index (χ1v) is 13.1. The van der Waals surface area contributed by atoms with E-state index in [0.717, 1.165) is 12.8 Å². The minimum Gasteiger partial charge on any atom is -0.356 e. The number of nitrogens with one attached hydrogen (secondary N) is 4. The van der Waals surface area contributed by atoms with Crippen molar-refractivity contribution in [2.24, 2.45) is 11.3 Å². The van der Waals surface area contributed by atoms with Crippen LogP contribution in [0.15, 0.2) is 30.3 Å². The second-order valence-corrected chi connectivity index (χ2v) is 11.3. The third kappa shape index (κ3) is 9.56. The average Bonchev–Trinajstić information content (AvgIpc) is 3.59. The quantitative estimate of drug-likeness (QED) is 0.236. The summed E-state index contributed by atoms with van der Waals surface area (Å²) in [4.78, 5) is 63.7. The highest BCUT2D eigenvalue weighted by molar-refractivity contribution is 6.38. The zero-order valence-electron chi connectivity index (χ0n) is 22.4. The lowest BCUT2D eigenvalue weighted by Crippen LogP contribution is -2.55. The minimum absolute atomic E-state index is 0.0286. The van der Waals surface area contributed by atoms with Crippen molar-refractivity contribution >= 4 is 35.5 Å². The zero-order valence-corrected chi connectivity index (χ0v) is 22.4. The maximum absolute atomic E-state index is 13.4. The molecule has 3 atom stereocenters. The Hall–Kier alpha value is -3.63. The number of hydrogen-bond acceptors (Lipinski definition) is 5. The summed E-state index contributed by atoms with van der Waals surface area (Å²) in [6, 6.07) is 3.10. The predicted octanol–water partition coefficient (Wildman–Crippen LogP) is 2.42. The number of rotatable bonds is 12. The fraction of sp³-hybridized carbons (Fsp3) is 0.536. The topological polar surface area (TPSA) is 133 Å². The Morgan fingerprint density at radius 1 is 1.03 bits per heavy atom. The number of benzene rings is 1. The molecule has 1 saturated heterocycles. The van der Waals surface area contributed by atoms with Gasteiger partial charge in [-0.05, 0) is 49.2 Å². The summed E-state index contributed by atoms with van der Waals surface area (Å²) in [5.74, 6) is -3.65. The van der Waals surface area contributed by atoms with Crippen molar-refractivity contribution in [2.75, 3.05) is 6.54 Å². The fourth-order valence-electron chi connectivity index (χ4n) is 4.27. The van der Waals surface area contributed by atoms with Crippen molar-refractivity contribution in [3.63, 3.8) is 0 Å². The van der Waals surface area contributed by atoms with Crippen molar-refractivity contribution in [3.8, 4) is 0 Å². The van der Waals surface area contributed by atoms with Crippen LogP contribution in [-0.2, 0) is 24.0 Å². The Bertz CT molecular complexity index is 1110. The van der Waals surface area contributed by atoms with Crippen LogP contribution in [0, 0.1) is 11.3 Å². The number of carbonyl (C=O) groups is 5. The molecule has 39 heavy (non-hydrogen) atoms. The Balaban J connectivity index is 1.71. The van der Waals surface area contributed by atoms with Crippen molar-refractivity contribution in [1.29, 1.82) is 0 Å². The van der Waals surface area contributed by atoms with Crippen LogP contribution in [0.1, 0.15) is 70.4 Å². The Labute approximate surface area is 226 Å². The molecule has 1 aliphatic heterocycles. The SMILES string of the molecule is CC(C)(C)C[C@H](NC(=O)/C=C/c1ccc(C(F)F)cc1)C(=O)NC(CC1CCNC1=O)C(=O)C(=O)NC1CC1. The lowest BCUT2D eigenvalue weighted by atomic mass is 9.87. The Kier molecular flexibility index (Phi) is 9.93. The molecular formula is C28H36F2N4O5. The maximum atomic E-state index is 13.4. The lowest BCUT2D eigenvalue weighted by molar-refractivity contribution is -0.141. The number of carbonyl (C=O) groups excluding carboxylic acids is 5. The van der Waals surface area contributed by atoms with Gasteiger partial charge in [0.15, 0.2) is 0 Å². The van der Waals surface area contributed by atoms with Crippen LogP contribution in [0.2, 0.25) is 0 Å². The molecule has 1 aromatic carbocycles. The van der Waals surface area contributed by atoms with E-state index in [0.29, 0.717) is 18.5 Å². The van der Waals surface area contributed by atoms with Gasteiger partial charge in [-0.15, -0.1) is 0 Å². The molecule has 4 N–H and O–H groups in total. The molecule has 4 amide bonds. The summed E-state index contributed by atoms with van der Waals surface area (Å²) >= 11 is 0. The van der Waals surface area contributed by atoms with Gasteiger partial charge in [0.1, 0.15) is 6.04 Å². The summed E-state index contributed by atoms with van der Waals surface area (Å²) < 4.78 is 25.5. The van der Waals surface area contributed by atoms with E-state index in [9.17, 15) is 32.8 Å². The van der Waals surface area contributed by atoms with E-state index < -0.39 is 53.3 Å². The van der Waals surface area contributed by atoms with Gasteiger partial charge in [0, 0.05) is 30.1 Å². The third-order valence-corrected chi connectivity index (χ3v) is 6.52. The smallest absolute Gasteiger partial charge is 0.289 e. The van der Waals surface area contributed by atoms with E-state index >= 15 is 0 Å². The van der Waals surface area contributed by atoms with Gasteiger partial charge in [-0.3, -0.25) is 24.0 Å². The molecule has 2 aliphatic rings. The van der Waals surface area contributed by atoms with E-state index in [1.807, 2.05) is 20.8 Å². The van der Waals surface area contributed by atoms with Gasteiger partial charge in [-0.1, -0.05) is 45.0 Å². The number of amides is 4. The zero-order chi connectivity index (χ0) is 28.7. The fourth-order valence-corrected chi connectivity index (χ4v) is 4.27. The van der Waals surface area contributed by atoms with E-state index in [1.54, 1.807) is 0 Å². The summed E-state index contributed by atoms with van der Waals surface area (Å²) in [7, 11) is 0. The molecule has 212 valence electrons. The molecule has 3 rings (SSSR count). The van der Waals surface area contributed by atoms with Gasteiger partial charge in [-0.25, -0.2) is 8.78 Å². The molecule has 0 bridgehead atoms. The monoisotopic (exact) mass is 546 g/mol. The molecule has 0 spiro atoms. The maximum Gasteiger partial charge on any atom is 0.289 e. The molecule has 0 radical (unpaired) electrons. The second kappa shape index (κ2) is 12.9. The number of alkyl halides is 2. The van der Waals surface area contributed by atoms with Gasteiger partial charge in [0.25, 0.3) is 12.3 Å². The highest BCUT2D eigenvalue weighted by atomic mass is 19.3. The van der Waals surface area contributed by atoms with Crippen molar-refractivity contribution in [1.82, 2.24) is 21.3 Å². The highest BCUT2D eigenvalue weighted by Gasteiger charge is 2.37. The Morgan fingerprint density at radius 3 is 2.23 bits per heavy atom. The first kappa shape index (κ1) is 29.9. The highest BCUT2D eigenvalue weighted by Crippen LogP contribution is 2.23. The average molecular weight is 547 g/mol. The molecule has 1 heterocycles. The summed E-state index contributed by atoms with van der Waals surface area (Å²) in [6.07, 6.45) is 2.27. The molecule has 1 saturated carbocycles. The van der Waals surface area contributed by atoms with Crippen LogP contribution in [0.4, 0.5) is 8.78 Å². The van der Waals surface area contributed by atoms with Gasteiger partial charge in [0.05, 0.1) is 6.04 Å². The molecule has 0 aromatic heterocycles. The summed E-state index contributed by atoms with van der Waals surface area (Å²) in [6.45, 7) is 6.10. The summed E-state index contributed by atoms with van der Waals surface area (Å²) in [5.41, 5.74) is -0.00441. The Morgan fingerprint density at radius 2 is 1.69 bits per heavy atom. The van der Waals surface area contributed by atoms with Crippen LogP contribution >= 0.6 is 0 Å². The van der Waals surface area contributed by atoms with Gasteiger partial charge < -0.3 is 21.3 Å². The standard InChI is InChI=1S/C28H36F2N4O5/c1-28(2,3)15-21(33-22(35)11-6-16-4-7-17(8-5-16)24(29)30)26(38)34-20(14-18-12-13-31-25(18)37)23(36)27(39)32-19-9-10-19/h4-8,11,18-21,24H,9-10,12-15H2,1-3H3,(H,31,37)(H,32,39)(H,33,35)(H,34,38)/b11-6+/t18?,20?,21-/m0/s1. The normalized spacial score (nSPS) is 18.9. The number of Topliss-reactive ketones (excluding diaryl/α,β-unsaturated/α-hetero) is 1. The number of hydrogen-bond donors (Lipinski definition) is 4. The number of ketones is 1. The van der Waals surface area contributed by atoms with Crippen molar-refractivity contribution in [2.45, 2.75) is 77.4 Å². The third-order valence-electron chi connectivity index (χ3n) is 6.52. The van der Waals surface area contributed by atoms with E-state index in [-0.39, 0.29) is 30.4 Å². The first-order valence-electron chi connectivity index (χ1n) is 13.1. The van der Waals surface area contributed by atoms with Crippen LogP contribution in [0.5, 0.6) is 0 Å². The van der Waals surface area contributed by atoms with Crippen LogP contribution in [-0.4, -0.2) is 54.1 Å².